The van der Waals surface area contributed by atoms with E-state index in [9.17, 15) is 4.79 Å². The van der Waals surface area contributed by atoms with Gasteiger partial charge in [0.25, 0.3) is 0 Å². The molecule has 5 heteroatoms. The van der Waals surface area contributed by atoms with Crippen molar-refractivity contribution >= 4 is 17.7 Å². The van der Waals surface area contributed by atoms with Crippen LogP contribution in [0.4, 0.5) is 0 Å². The first-order chi connectivity index (χ1) is 10.8. The van der Waals surface area contributed by atoms with Crippen LogP contribution in [0.3, 0.4) is 0 Å². The Morgan fingerprint density at radius 1 is 1.23 bits per heavy atom. The number of thioether (sulfide) groups is 1. The molecule has 2 heterocycles. The van der Waals surface area contributed by atoms with Crippen LogP contribution < -0.4 is 4.74 Å². The number of carbonyl (C=O) groups excluding carboxylic acids is 1. The molecular weight excluding hydrogens is 296 g/mol. The minimum atomic E-state index is 0.0993. The average molecular weight is 320 g/mol. The summed E-state index contributed by atoms with van der Waals surface area (Å²) >= 11 is 1.71. The standard InChI is InChI=1S/C17H24N2O2S/c1-21-15-8-3-2-7-14(15)17-19(16(20)13-22-17)12-6-11-18-9-4-5-10-18/h2-3,7-8,17H,4-6,9-13H2,1H3. The molecule has 0 N–H and O–H groups in total. The molecule has 1 amide bonds. The van der Waals surface area contributed by atoms with Crippen molar-refractivity contribution in [1.29, 1.82) is 0 Å². The number of methoxy groups -OCH3 is 1. The lowest BCUT2D eigenvalue weighted by Gasteiger charge is -2.26. The van der Waals surface area contributed by atoms with Crippen LogP contribution in [0.15, 0.2) is 24.3 Å². The molecule has 0 spiro atoms. The Balaban J connectivity index is 1.64. The molecule has 0 bridgehead atoms. The van der Waals surface area contributed by atoms with Crippen molar-refractivity contribution in [1.82, 2.24) is 9.80 Å². The summed E-state index contributed by atoms with van der Waals surface area (Å²) < 4.78 is 5.47. The summed E-state index contributed by atoms with van der Waals surface area (Å²) in [5, 5.41) is 0.0993. The van der Waals surface area contributed by atoms with Crippen molar-refractivity contribution in [2.75, 3.05) is 39.0 Å². The Bertz CT molecular complexity index is 517. The molecule has 2 saturated heterocycles. The fraction of sp³-hybridized carbons (Fsp3) is 0.588. The Labute approximate surface area is 136 Å². The van der Waals surface area contributed by atoms with Gasteiger partial charge in [-0.3, -0.25) is 4.79 Å². The summed E-state index contributed by atoms with van der Waals surface area (Å²) in [6.07, 6.45) is 3.70. The van der Waals surface area contributed by atoms with Gasteiger partial charge in [0.1, 0.15) is 11.1 Å². The van der Waals surface area contributed by atoms with Crippen LogP contribution in [0.25, 0.3) is 0 Å². The maximum Gasteiger partial charge on any atom is 0.233 e. The van der Waals surface area contributed by atoms with Crippen LogP contribution in [0, 0.1) is 0 Å². The largest absolute Gasteiger partial charge is 0.496 e. The van der Waals surface area contributed by atoms with E-state index in [0.717, 1.165) is 30.8 Å². The van der Waals surface area contributed by atoms with Crippen LogP contribution in [0.1, 0.15) is 30.2 Å². The molecule has 22 heavy (non-hydrogen) atoms. The molecule has 1 unspecified atom stereocenters. The van der Waals surface area contributed by atoms with E-state index in [-0.39, 0.29) is 11.3 Å². The number of hydrogen-bond donors (Lipinski definition) is 0. The number of benzene rings is 1. The topological polar surface area (TPSA) is 32.8 Å². The van der Waals surface area contributed by atoms with Crippen LogP contribution in [-0.4, -0.2) is 54.7 Å². The summed E-state index contributed by atoms with van der Waals surface area (Å²) in [6.45, 7) is 4.38. The van der Waals surface area contributed by atoms with Crippen molar-refractivity contribution in [2.24, 2.45) is 0 Å². The van der Waals surface area contributed by atoms with Crippen molar-refractivity contribution in [2.45, 2.75) is 24.6 Å². The van der Waals surface area contributed by atoms with Crippen molar-refractivity contribution in [3.63, 3.8) is 0 Å². The fourth-order valence-electron chi connectivity index (χ4n) is 3.29. The second-order valence-electron chi connectivity index (χ2n) is 5.89. The quantitative estimate of drug-likeness (QED) is 0.807. The molecule has 4 nitrogen and oxygen atoms in total. The Morgan fingerprint density at radius 2 is 2.00 bits per heavy atom. The van der Waals surface area contributed by atoms with E-state index in [4.69, 9.17) is 4.74 Å². The second kappa shape index (κ2) is 7.38. The van der Waals surface area contributed by atoms with E-state index in [2.05, 4.69) is 11.0 Å². The lowest BCUT2D eigenvalue weighted by molar-refractivity contribution is -0.128. The smallest absolute Gasteiger partial charge is 0.233 e. The number of ether oxygens (including phenoxy) is 1. The first-order valence-electron chi connectivity index (χ1n) is 8.06. The molecule has 1 aromatic rings. The van der Waals surface area contributed by atoms with Gasteiger partial charge in [0, 0.05) is 12.1 Å². The minimum Gasteiger partial charge on any atom is -0.496 e. The highest BCUT2D eigenvalue weighted by molar-refractivity contribution is 8.00. The van der Waals surface area contributed by atoms with Gasteiger partial charge in [-0.15, -0.1) is 11.8 Å². The van der Waals surface area contributed by atoms with Gasteiger partial charge in [-0.25, -0.2) is 0 Å². The zero-order chi connectivity index (χ0) is 15.4. The highest BCUT2D eigenvalue weighted by Crippen LogP contribution is 2.42. The van der Waals surface area contributed by atoms with Crippen LogP contribution in [0.5, 0.6) is 5.75 Å². The van der Waals surface area contributed by atoms with Crippen LogP contribution in [-0.2, 0) is 4.79 Å². The Morgan fingerprint density at radius 3 is 2.77 bits per heavy atom. The molecule has 2 aliphatic rings. The number of carbonyl (C=O) groups is 1. The predicted octanol–water partition coefficient (Wildman–Crippen LogP) is 2.76. The number of para-hydroxylation sites is 1. The molecule has 120 valence electrons. The second-order valence-corrected chi connectivity index (χ2v) is 6.96. The molecule has 2 aliphatic heterocycles. The van der Waals surface area contributed by atoms with Gasteiger partial charge in [-0.05, 0) is 45.0 Å². The zero-order valence-electron chi connectivity index (χ0n) is 13.2. The van der Waals surface area contributed by atoms with Gasteiger partial charge in [0.05, 0.1) is 12.9 Å². The van der Waals surface area contributed by atoms with E-state index >= 15 is 0 Å². The molecule has 1 atom stereocenters. The lowest BCUT2D eigenvalue weighted by atomic mass is 10.1. The van der Waals surface area contributed by atoms with E-state index in [1.807, 2.05) is 23.1 Å². The highest BCUT2D eigenvalue weighted by Gasteiger charge is 2.34. The van der Waals surface area contributed by atoms with Gasteiger partial charge in [0.2, 0.25) is 5.91 Å². The van der Waals surface area contributed by atoms with Gasteiger partial charge in [0.15, 0.2) is 0 Å². The number of amides is 1. The first kappa shape index (κ1) is 15.7. The van der Waals surface area contributed by atoms with Crippen molar-refractivity contribution in [3.8, 4) is 5.75 Å². The zero-order valence-corrected chi connectivity index (χ0v) is 14.0. The molecular formula is C17H24N2O2S. The molecule has 0 radical (unpaired) electrons. The third-order valence-corrected chi connectivity index (χ3v) is 5.68. The van der Waals surface area contributed by atoms with E-state index < -0.39 is 0 Å². The summed E-state index contributed by atoms with van der Waals surface area (Å²) in [5.74, 6) is 1.70. The van der Waals surface area contributed by atoms with Gasteiger partial charge >= 0.3 is 0 Å². The van der Waals surface area contributed by atoms with E-state index in [1.54, 1.807) is 18.9 Å². The van der Waals surface area contributed by atoms with E-state index in [1.165, 1.54) is 25.9 Å². The number of rotatable bonds is 6. The Hall–Kier alpha value is -1.20. The maximum absolute atomic E-state index is 12.2. The molecule has 0 aliphatic carbocycles. The predicted molar refractivity (Wildman–Crippen MR) is 90.2 cm³/mol. The van der Waals surface area contributed by atoms with Gasteiger partial charge < -0.3 is 14.5 Å². The number of nitrogens with zero attached hydrogens (tertiary/aromatic N) is 2. The van der Waals surface area contributed by atoms with Crippen molar-refractivity contribution < 1.29 is 9.53 Å². The molecule has 2 fully saturated rings. The third-order valence-electron chi connectivity index (χ3n) is 4.45. The third kappa shape index (κ3) is 3.41. The number of likely N-dealkylation sites (tertiary alicyclic amines) is 1. The Kier molecular flexibility index (Phi) is 5.26. The first-order valence-corrected chi connectivity index (χ1v) is 9.11. The van der Waals surface area contributed by atoms with Crippen molar-refractivity contribution in [3.05, 3.63) is 29.8 Å². The van der Waals surface area contributed by atoms with Gasteiger partial charge in [-0.1, -0.05) is 18.2 Å². The molecule has 0 aromatic heterocycles. The lowest BCUT2D eigenvalue weighted by Crippen LogP contribution is -2.32. The molecule has 3 rings (SSSR count). The summed E-state index contributed by atoms with van der Waals surface area (Å²) in [5.41, 5.74) is 1.11. The highest BCUT2D eigenvalue weighted by atomic mass is 32.2. The SMILES string of the molecule is COc1ccccc1C1SCC(=O)N1CCCN1CCCC1. The number of hydrogen-bond acceptors (Lipinski definition) is 4. The summed E-state index contributed by atoms with van der Waals surface area (Å²) in [4.78, 5) is 16.8. The summed E-state index contributed by atoms with van der Waals surface area (Å²) in [7, 11) is 1.69. The minimum absolute atomic E-state index is 0.0993. The fourth-order valence-corrected chi connectivity index (χ4v) is 4.54. The van der Waals surface area contributed by atoms with E-state index in [0.29, 0.717) is 5.75 Å². The van der Waals surface area contributed by atoms with Crippen LogP contribution >= 0.6 is 11.8 Å². The maximum atomic E-state index is 12.2. The van der Waals surface area contributed by atoms with Crippen LogP contribution in [0.2, 0.25) is 0 Å². The average Bonchev–Trinajstić information content (AvgIpc) is 3.18. The normalized spacial score (nSPS) is 22.5. The van der Waals surface area contributed by atoms with Gasteiger partial charge in [-0.2, -0.15) is 0 Å². The molecule has 0 saturated carbocycles. The monoisotopic (exact) mass is 320 g/mol. The summed E-state index contributed by atoms with van der Waals surface area (Å²) in [6, 6.07) is 8.04. The molecule has 1 aromatic carbocycles.